The number of aryl methyl sites for hydroxylation is 2. The number of fused-ring (bicyclic) bond motifs is 1. The average Bonchev–Trinajstić information content (AvgIpc) is 3.10. The number of aromatic nitrogens is 4. The second kappa shape index (κ2) is 7.04. The summed E-state index contributed by atoms with van der Waals surface area (Å²) in [6, 6.07) is 0. The van der Waals surface area contributed by atoms with Crippen LogP contribution in [0.3, 0.4) is 0 Å². The molecule has 24 heavy (non-hydrogen) atoms. The van der Waals surface area contributed by atoms with Gasteiger partial charge in [0, 0.05) is 11.4 Å². The van der Waals surface area contributed by atoms with E-state index in [1.54, 1.807) is 17.4 Å². The van der Waals surface area contributed by atoms with Crippen molar-refractivity contribution in [2.45, 2.75) is 30.4 Å². The number of thiophene rings is 1. The fourth-order valence-electron chi connectivity index (χ4n) is 2.16. The number of anilines is 1. The van der Waals surface area contributed by atoms with Crippen molar-refractivity contribution in [1.29, 1.82) is 0 Å². The van der Waals surface area contributed by atoms with Gasteiger partial charge >= 0.3 is 0 Å². The maximum Gasteiger partial charge on any atom is 0.259 e. The molecule has 0 bridgehead atoms. The summed E-state index contributed by atoms with van der Waals surface area (Å²) in [5.74, 6) is 0.662. The zero-order chi connectivity index (χ0) is 17.3. The largest absolute Gasteiger partial charge is 0.357 e. The van der Waals surface area contributed by atoms with Gasteiger partial charge in [0.1, 0.15) is 10.7 Å². The van der Waals surface area contributed by atoms with E-state index < -0.39 is 0 Å². The van der Waals surface area contributed by atoms with E-state index in [1.807, 2.05) is 20.8 Å². The Morgan fingerprint density at radius 2 is 2.17 bits per heavy atom. The van der Waals surface area contributed by atoms with Crippen LogP contribution in [0, 0.1) is 13.8 Å². The first-order valence-electron chi connectivity index (χ1n) is 7.34. The topological polar surface area (TPSA) is 83.6 Å². The first kappa shape index (κ1) is 17.1. The van der Waals surface area contributed by atoms with Crippen LogP contribution in [0.15, 0.2) is 21.8 Å². The fourth-order valence-corrected chi connectivity index (χ4v) is 5.16. The molecule has 0 aromatic carbocycles. The maximum absolute atomic E-state index is 12.4. The van der Waals surface area contributed by atoms with Crippen molar-refractivity contribution in [2.75, 3.05) is 11.9 Å². The van der Waals surface area contributed by atoms with Crippen LogP contribution in [0.4, 0.5) is 5.13 Å². The third-order valence-electron chi connectivity index (χ3n) is 3.52. The minimum Gasteiger partial charge on any atom is -0.357 e. The molecule has 0 amide bonds. The van der Waals surface area contributed by atoms with Crippen molar-refractivity contribution < 1.29 is 0 Å². The number of thioether (sulfide) groups is 1. The third-order valence-corrected chi connectivity index (χ3v) is 6.70. The van der Waals surface area contributed by atoms with E-state index in [0.717, 1.165) is 24.7 Å². The smallest absolute Gasteiger partial charge is 0.259 e. The molecule has 0 saturated carbocycles. The van der Waals surface area contributed by atoms with Crippen molar-refractivity contribution >= 4 is 49.8 Å². The predicted octanol–water partition coefficient (Wildman–Crippen LogP) is 3.90. The molecule has 3 aromatic heterocycles. The lowest BCUT2D eigenvalue weighted by molar-refractivity contribution is 0.918. The highest BCUT2D eigenvalue weighted by Gasteiger charge is 2.17. The molecule has 0 aliphatic heterocycles. The summed E-state index contributed by atoms with van der Waals surface area (Å²) in [6.45, 7) is 10.3. The monoisotopic (exact) mass is 379 g/mol. The van der Waals surface area contributed by atoms with E-state index in [9.17, 15) is 4.79 Å². The van der Waals surface area contributed by atoms with Gasteiger partial charge in [-0.1, -0.05) is 29.2 Å². The molecular formula is C15H17N5OS3. The molecule has 6 nitrogen and oxygen atoms in total. The summed E-state index contributed by atoms with van der Waals surface area (Å²) in [6.07, 6.45) is 1.77. The van der Waals surface area contributed by atoms with Gasteiger partial charge in [-0.2, -0.15) is 0 Å². The van der Waals surface area contributed by atoms with Crippen molar-refractivity contribution in [2.24, 2.45) is 0 Å². The Kier molecular flexibility index (Phi) is 5.02. The minimum atomic E-state index is -0.0742. The number of nitrogens with zero attached hydrogens (tertiary/aromatic N) is 3. The lowest BCUT2D eigenvalue weighted by atomic mass is 10.2. The van der Waals surface area contributed by atoms with Crippen molar-refractivity contribution in [3.8, 4) is 0 Å². The van der Waals surface area contributed by atoms with Crippen LogP contribution < -0.4 is 10.9 Å². The van der Waals surface area contributed by atoms with E-state index in [1.165, 1.54) is 23.1 Å². The number of nitrogens with one attached hydrogen (secondary N) is 2. The summed E-state index contributed by atoms with van der Waals surface area (Å²) in [7, 11) is 0. The molecule has 0 fully saturated rings. The second-order valence-electron chi connectivity index (χ2n) is 5.22. The van der Waals surface area contributed by atoms with Gasteiger partial charge < -0.3 is 10.3 Å². The molecule has 0 radical (unpaired) electrons. The zero-order valence-corrected chi connectivity index (χ0v) is 16.0. The van der Waals surface area contributed by atoms with Gasteiger partial charge in [-0.25, -0.2) is 4.98 Å². The van der Waals surface area contributed by atoms with Gasteiger partial charge in [-0.3, -0.25) is 4.79 Å². The molecule has 1 atom stereocenters. The van der Waals surface area contributed by atoms with Gasteiger partial charge in [-0.05, 0) is 26.3 Å². The Hall–Kier alpha value is -1.71. The van der Waals surface area contributed by atoms with Gasteiger partial charge in [0.25, 0.3) is 5.56 Å². The Balaban J connectivity index is 1.83. The van der Waals surface area contributed by atoms with E-state index in [4.69, 9.17) is 0 Å². The molecule has 1 unspecified atom stereocenters. The molecule has 3 aromatic rings. The van der Waals surface area contributed by atoms with Crippen LogP contribution >= 0.6 is 34.4 Å². The molecule has 0 spiro atoms. The number of hydrogen-bond acceptors (Lipinski definition) is 8. The Morgan fingerprint density at radius 1 is 1.38 bits per heavy atom. The SMILES string of the molecule is C=CCNc1nnc(SC(C)c2nc3sc(C)c(C)c3c(=O)[nH]2)s1. The number of hydrogen-bond donors (Lipinski definition) is 2. The van der Waals surface area contributed by atoms with Crippen molar-refractivity contribution in [3.63, 3.8) is 0 Å². The molecule has 3 heterocycles. The van der Waals surface area contributed by atoms with Crippen LogP contribution in [0.1, 0.15) is 28.4 Å². The zero-order valence-electron chi connectivity index (χ0n) is 13.5. The predicted molar refractivity (Wildman–Crippen MR) is 103 cm³/mol. The van der Waals surface area contributed by atoms with Crippen LogP contribution in [0.2, 0.25) is 0 Å². The summed E-state index contributed by atoms with van der Waals surface area (Å²) >= 11 is 4.56. The van der Waals surface area contributed by atoms with E-state index in [-0.39, 0.29) is 10.8 Å². The number of H-pyrrole nitrogens is 1. The molecule has 9 heteroatoms. The fraction of sp³-hybridized carbons (Fsp3) is 0.333. The van der Waals surface area contributed by atoms with Crippen molar-refractivity contribution in [1.82, 2.24) is 20.2 Å². The van der Waals surface area contributed by atoms with E-state index in [2.05, 4.69) is 32.1 Å². The van der Waals surface area contributed by atoms with Gasteiger partial charge in [0.05, 0.1) is 10.6 Å². The molecule has 0 aliphatic rings. The van der Waals surface area contributed by atoms with Crippen LogP contribution in [-0.2, 0) is 0 Å². The number of aromatic amines is 1. The molecular weight excluding hydrogens is 362 g/mol. The van der Waals surface area contributed by atoms with Gasteiger partial charge in [-0.15, -0.1) is 28.1 Å². The third kappa shape index (κ3) is 3.38. The second-order valence-corrected chi connectivity index (χ2v) is 8.99. The Morgan fingerprint density at radius 3 is 2.92 bits per heavy atom. The molecule has 2 N–H and O–H groups in total. The van der Waals surface area contributed by atoms with Gasteiger partial charge in [0.15, 0.2) is 4.34 Å². The standard InChI is InChI=1S/C15H17N5OS3/c1-5-6-16-14-19-20-15(24-14)23-9(4)11-17-12(21)10-7(2)8(3)22-13(10)18-11/h5,9H,1,6H2,2-4H3,(H,16,19)(H,17,18,21). The van der Waals surface area contributed by atoms with Crippen molar-refractivity contribution in [3.05, 3.63) is 39.3 Å². The quantitative estimate of drug-likeness (QED) is 0.499. The normalized spacial score (nSPS) is 12.5. The first-order valence-corrected chi connectivity index (χ1v) is 9.85. The molecule has 3 rings (SSSR count). The highest BCUT2D eigenvalue weighted by Crippen LogP contribution is 2.36. The average molecular weight is 380 g/mol. The van der Waals surface area contributed by atoms with E-state index in [0.29, 0.717) is 17.8 Å². The van der Waals surface area contributed by atoms with Crippen LogP contribution in [0.5, 0.6) is 0 Å². The molecule has 0 aliphatic carbocycles. The summed E-state index contributed by atoms with van der Waals surface area (Å²) in [5, 5.41) is 12.8. The first-order chi connectivity index (χ1) is 11.5. The van der Waals surface area contributed by atoms with Crippen LogP contribution in [-0.4, -0.2) is 26.7 Å². The summed E-state index contributed by atoms with van der Waals surface area (Å²) < 4.78 is 0.829. The lowest BCUT2D eigenvalue weighted by Gasteiger charge is -2.07. The minimum absolute atomic E-state index is 0.0231. The Bertz CT molecular complexity index is 942. The van der Waals surface area contributed by atoms with Crippen LogP contribution in [0.25, 0.3) is 10.2 Å². The molecule has 126 valence electrons. The van der Waals surface area contributed by atoms with E-state index >= 15 is 0 Å². The highest BCUT2D eigenvalue weighted by molar-refractivity contribution is 8.01. The Labute approximate surface area is 151 Å². The number of rotatable bonds is 6. The maximum atomic E-state index is 12.4. The van der Waals surface area contributed by atoms with Gasteiger partial charge in [0.2, 0.25) is 5.13 Å². The summed E-state index contributed by atoms with van der Waals surface area (Å²) in [4.78, 5) is 21.8. The highest BCUT2D eigenvalue weighted by atomic mass is 32.2. The molecule has 0 saturated heterocycles. The lowest BCUT2D eigenvalue weighted by Crippen LogP contribution is -2.12. The summed E-state index contributed by atoms with van der Waals surface area (Å²) in [5.41, 5.74) is 0.938.